The minimum Gasteiger partial charge on any atom is -0.356 e. The third-order valence-electron chi connectivity index (χ3n) is 6.11. The number of benzene rings is 1. The highest BCUT2D eigenvalue weighted by Gasteiger charge is 2.26. The second kappa shape index (κ2) is 8.74. The first-order valence-electron chi connectivity index (χ1n) is 11.2. The molecule has 0 saturated carbocycles. The predicted octanol–water partition coefficient (Wildman–Crippen LogP) is 3.56. The number of rotatable bonds is 5. The molecule has 1 amide bonds. The van der Waals surface area contributed by atoms with E-state index in [2.05, 4.69) is 37.6 Å². The van der Waals surface area contributed by atoms with Crippen molar-refractivity contribution in [2.24, 2.45) is 0 Å². The zero-order valence-corrected chi connectivity index (χ0v) is 18.7. The molecule has 0 bridgehead atoms. The van der Waals surface area contributed by atoms with Crippen molar-refractivity contribution in [1.82, 2.24) is 24.9 Å². The average molecular weight is 448 g/mol. The van der Waals surface area contributed by atoms with Crippen molar-refractivity contribution in [2.75, 3.05) is 29.9 Å². The number of hydrogen-bond donors (Lipinski definition) is 2. The van der Waals surface area contributed by atoms with Gasteiger partial charge < -0.3 is 15.5 Å². The molecule has 0 atom stereocenters. The van der Waals surface area contributed by atoms with E-state index in [9.17, 15) is 9.18 Å². The monoisotopic (exact) mass is 447 g/mol. The Morgan fingerprint density at radius 2 is 2.06 bits per heavy atom. The molecule has 8 nitrogen and oxygen atoms in total. The summed E-state index contributed by atoms with van der Waals surface area (Å²) >= 11 is 0. The number of aromatic nitrogens is 4. The molecule has 2 N–H and O–H groups in total. The maximum Gasteiger partial charge on any atom is 0.258 e. The smallest absolute Gasteiger partial charge is 0.258 e. The molecule has 4 aromatic rings. The summed E-state index contributed by atoms with van der Waals surface area (Å²) in [6, 6.07) is 9.00. The fourth-order valence-corrected chi connectivity index (χ4v) is 4.60. The third kappa shape index (κ3) is 4.00. The van der Waals surface area contributed by atoms with Gasteiger partial charge in [0.15, 0.2) is 11.5 Å². The van der Waals surface area contributed by atoms with Crippen LogP contribution in [0, 0.1) is 12.7 Å². The third-order valence-corrected chi connectivity index (χ3v) is 6.11. The van der Waals surface area contributed by atoms with Crippen molar-refractivity contribution in [3.05, 3.63) is 59.8 Å². The van der Waals surface area contributed by atoms with Gasteiger partial charge in [-0.25, -0.2) is 9.37 Å². The average Bonchev–Trinajstić information content (AvgIpc) is 3.21. The number of pyridine rings is 1. The Kier molecular flexibility index (Phi) is 5.63. The van der Waals surface area contributed by atoms with Crippen LogP contribution in [0.1, 0.15) is 35.8 Å². The molecule has 0 unspecified atom stereocenters. The maximum atomic E-state index is 15.0. The Morgan fingerprint density at radius 3 is 2.85 bits per heavy atom. The van der Waals surface area contributed by atoms with E-state index in [1.165, 1.54) is 6.07 Å². The zero-order valence-electron chi connectivity index (χ0n) is 18.7. The van der Waals surface area contributed by atoms with Crippen LogP contribution in [-0.4, -0.2) is 51.2 Å². The zero-order chi connectivity index (χ0) is 22.9. The molecule has 1 aliphatic heterocycles. The first kappa shape index (κ1) is 21.3. The summed E-state index contributed by atoms with van der Waals surface area (Å²) in [6.07, 6.45) is 5.33. The molecule has 4 heterocycles. The van der Waals surface area contributed by atoms with E-state index >= 15 is 0 Å². The summed E-state index contributed by atoms with van der Waals surface area (Å²) in [5, 5.41) is 15.3. The number of piperidine rings is 1. The fourth-order valence-electron chi connectivity index (χ4n) is 4.60. The van der Waals surface area contributed by atoms with E-state index in [0.29, 0.717) is 28.5 Å². The minimum atomic E-state index is -0.484. The Morgan fingerprint density at radius 1 is 1.24 bits per heavy atom. The van der Waals surface area contributed by atoms with E-state index in [0.717, 1.165) is 43.7 Å². The summed E-state index contributed by atoms with van der Waals surface area (Å²) in [4.78, 5) is 19.8. The summed E-state index contributed by atoms with van der Waals surface area (Å²) in [5.74, 6) is -0.107. The Labute approximate surface area is 190 Å². The minimum absolute atomic E-state index is 0.255. The van der Waals surface area contributed by atoms with E-state index in [-0.39, 0.29) is 11.6 Å². The Hall–Kier alpha value is -3.59. The van der Waals surface area contributed by atoms with Crippen LogP contribution in [0.2, 0.25) is 0 Å². The number of carbonyl (C=O) groups is 1. The first-order chi connectivity index (χ1) is 16.0. The van der Waals surface area contributed by atoms with Gasteiger partial charge in [0.2, 0.25) is 0 Å². The van der Waals surface area contributed by atoms with E-state index < -0.39 is 5.82 Å². The molecular weight excluding hydrogens is 421 g/mol. The lowest BCUT2D eigenvalue weighted by molar-refractivity contribution is 0.102. The van der Waals surface area contributed by atoms with Crippen LogP contribution in [0.5, 0.6) is 0 Å². The van der Waals surface area contributed by atoms with Crippen molar-refractivity contribution in [3.8, 4) is 0 Å². The number of aryl methyl sites for hydroxylation is 1. The Bertz CT molecular complexity index is 1320. The van der Waals surface area contributed by atoms with Crippen LogP contribution < -0.4 is 15.5 Å². The normalized spacial score (nSPS) is 14.8. The molecular formula is C24H26FN7O. The number of hydrogen-bond acceptors (Lipinski definition) is 6. The van der Waals surface area contributed by atoms with Crippen molar-refractivity contribution >= 4 is 34.0 Å². The number of nitrogens with one attached hydrogen (secondary N) is 2. The standard InChI is InChI=1S/C24H26FN7O/c1-3-26-17-8-11-31(12-9-17)24-20(13-19(25)22-28-15(2)14-32(22)24)29-23(33)18-6-4-5-16-7-10-27-30-21(16)18/h4-7,10,13-14,17,26H,3,8-9,11-12H2,1-2H3,(H,29,33). The number of nitrogens with zero attached hydrogens (tertiary/aromatic N) is 5. The lowest BCUT2D eigenvalue weighted by atomic mass is 10.0. The molecule has 1 aromatic carbocycles. The molecule has 0 radical (unpaired) electrons. The van der Waals surface area contributed by atoms with Gasteiger partial charge >= 0.3 is 0 Å². The molecule has 3 aromatic heterocycles. The second-order valence-corrected chi connectivity index (χ2v) is 8.35. The first-order valence-corrected chi connectivity index (χ1v) is 11.2. The predicted molar refractivity (Wildman–Crippen MR) is 126 cm³/mol. The van der Waals surface area contributed by atoms with Crippen LogP contribution in [0.15, 0.2) is 42.7 Å². The molecule has 9 heteroatoms. The van der Waals surface area contributed by atoms with Crippen LogP contribution >= 0.6 is 0 Å². The van der Waals surface area contributed by atoms with Gasteiger partial charge in [-0.2, -0.15) is 5.10 Å². The topological polar surface area (TPSA) is 87.5 Å². The van der Waals surface area contributed by atoms with Gasteiger partial charge in [0.25, 0.3) is 5.91 Å². The van der Waals surface area contributed by atoms with Crippen molar-refractivity contribution < 1.29 is 9.18 Å². The highest BCUT2D eigenvalue weighted by Crippen LogP contribution is 2.32. The fraction of sp³-hybridized carbons (Fsp3) is 0.333. The van der Waals surface area contributed by atoms with Crippen LogP contribution in [0.25, 0.3) is 16.6 Å². The number of anilines is 2. The highest BCUT2D eigenvalue weighted by atomic mass is 19.1. The molecule has 1 aliphatic rings. The van der Waals surface area contributed by atoms with E-state index in [4.69, 9.17) is 0 Å². The number of fused-ring (bicyclic) bond motifs is 2. The molecule has 0 aliphatic carbocycles. The summed E-state index contributed by atoms with van der Waals surface area (Å²) in [6.45, 7) is 6.45. The van der Waals surface area contributed by atoms with Gasteiger partial charge in [-0.3, -0.25) is 9.20 Å². The molecule has 33 heavy (non-hydrogen) atoms. The summed E-state index contributed by atoms with van der Waals surface area (Å²) < 4.78 is 16.7. The number of imidazole rings is 1. The molecule has 1 fully saturated rings. The highest BCUT2D eigenvalue weighted by molar-refractivity contribution is 6.12. The van der Waals surface area contributed by atoms with Crippen LogP contribution in [-0.2, 0) is 0 Å². The molecule has 0 spiro atoms. The number of halogens is 1. The van der Waals surface area contributed by atoms with Gasteiger partial charge in [-0.05, 0) is 38.4 Å². The molecule has 1 saturated heterocycles. The van der Waals surface area contributed by atoms with Crippen molar-refractivity contribution in [3.63, 3.8) is 0 Å². The largest absolute Gasteiger partial charge is 0.356 e. The van der Waals surface area contributed by atoms with Crippen LogP contribution in [0.4, 0.5) is 15.9 Å². The second-order valence-electron chi connectivity index (χ2n) is 8.35. The van der Waals surface area contributed by atoms with Crippen molar-refractivity contribution in [2.45, 2.75) is 32.7 Å². The maximum absolute atomic E-state index is 15.0. The summed E-state index contributed by atoms with van der Waals surface area (Å²) in [7, 11) is 0. The van der Waals surface area contributed by atoms with Gasteiger partial charge in [0.05, 0.1) is 23.1 Å². The Balaban J connectivity index is 1.55. The molecule has 5 rings (SSSR count). The van der Waals surface area contributed by atoms with Gasteiger partial charge in [0.1, 0.15) is 11.3 Å². The SMILES string of the molecule is CCNC1CCN(c2c(NC(=O)c3cccc4ccnnc34)cc(F)c3nc(C)cn23)CC1. The van der Waals surface area contributed by atoms with Gasteiger partial charge in [-0.1, -0.05) is 19.1 Å². The van der Waals surface area contributed by atoms with E-state index in [1.54, 1.807) is 28.8 Å². The quantitative estimate of drug-likeness (QED) is 0.487. The lowest BCUT2D eigenvalue weighted by Crippen LogP contribution is -2.43. The number of carbonyl (C=O) groups excluding carboxylic acids is 1. The molecule has 170 valence electrons. The van der Waals surface area contributed by atoms with E-state index in [1.807, 2.05) is 19.2 Å². The van der Waals surface area contributed by atoms with Gasteiger partial charge in [0, 0.05) is 36.8 Å². The van der Waals surface area contributed by atoms with Gasteiger partial charge in [-0.15, -0.1) is 5.10 Å². The lowest BCUT2D eigenvalue weighted by Gasteiger charge is -2.35. The summed E-state index contributed by atoms with van der Waals surface area (Å²) in [5.41, 5.74) is 2.27. The van der Waals surface area contributed by atoms with Crippen molar-refractivity contribution in [1.29, 1.82) is 0 Å². The van der Waals surface area contributed by atoms with Crippen LogP contribution in [0.3, 0.4) is 0 Å². The number of amides is 1.